The van der Waals surface area contributed by atoms with Gasteiger partial charge in [0.1, 0.15) is 11.6 Å². The van der Waals surface area contributed by atoms with Crippen LogP contribution in [-0.4, -0.2) is 16.5 Å². The number of aromatic nitrogens is 2. The van der Waals surface area contributed by atoms with Gasteiger partial charge in [0.15, 0.2) is 0 Å². The molecule has 3 nitrogen and oxygen atoms in total. The molecule has 0 amide bonds. The third-order valence-corrected chi connectivity index (χ3v) is 3.31. The molecule has 0 fully saturated rings. The first-order valence-corrected chi connectivity index (χ1v) is 6.86. The molecule has 1 heterocycles. The van der Waals surface area contributed by atoms with Crippen LogP contribution in [0.4, 0.5) is 5.82 Å². The highest BCUT2D eigenvalue weighted by Crippen LogP contribution is 2.26. The Morgan fingerprint density at radius 2 is 1.88 bits per heavy atom. The summed E-state index contributed by atoms with van der Waals surface area (Å²) >= 11 is 0. The second kappa shape index (κ2) is 5.48. The third kappa shape index (κ3) is 2.76. The fourth-order valence-corrected chi connectivity index (χ4v) is 2.36. The minimum absolute atomic E-state index is 0.404. The molecule has 1 aromatic heterocycles. The summed E-state index contributed by atoms with van der Waals surface area (Å²) in [5, 5.41) is 3.41. The first kappa shape index (κ1) is 12.3. The molecule has 1 aliphatic carbocycles. The van der Waals surface area contributed by atoms with E-state index < -0.39 is 0 Å². The Labute approximate surface area is 104 Å². The topological polar surface area (TPSA) is 37.8 Å². The molecule has 1 N–H and O–H groups in total. The Balaban J connectivity index is 2.43. The molecule has 0 aromatic carbocycles. The van der Waals surface area contributed by atoms with Crippen LogP contribution in [0.15, 0.2) is 0 Å². The van der Waals surface area contributed by atoms with E-state index in [2.05, 4.69) is 26.1 Å². The van der Waals surface area contributed by atoms with E-state index in [9.17, 15) is 0 Å². The van der Waals surface area contributed by atoms with E-state index in [1.807, 2.05) is 0 Å². The molecule has 0 atom stereocenters. The van der Waals surface area contributed by atoms with Crippen molar-refractivity contribution in [2.75, 3.05) is 11.9 Å². The van der Waals surface area contributed by atoms with Crippen LogP contribution in [-0.2, 0) is 12.8 Å². The Morgan fingerprint density at radius 1 is 1.12 bits per heavy atom. The molecule has 17 heavy (non-hydrogen) atoms. The highest BCUT2D eigenvalue weighted by molar-refractivity contribution is 5.47. The average Bonchev–Trinajstić information content (AvgIpc) is 2.54. The molecule has 0 saturated carbocycles. The smallest absolute Gasteiger partial charge is 0.133 e. The normalized spacial score (nSPS) is 15.5. The number of anilines is 1. The van der Waals surface area contributed by atoms with Gasteiger partial charge in [-0.25, -0.2) is 9.97 Å². The number of hydrogen-bond donors (Lipinski definition) is 1. The van der Waals surface area contributed by atoms with E-state index in [0.717, 1.165) is 31.0 Å². The molecule has 1 aliphatic rings. The Morgan fingerprint density at radius 3 is 2.59 bits per heavy atom. The summed E-state index contributed by atoms with van der Waals surface area (Å²) < 4.78 is 0. The van der Waals surface area contributed by atoms with Crippen LogP contribution in [0, 0.1) is 0 Å². The highest BCUT2D eigenvalue weighted by Gasteiger charge is 2.17. The summed E-state index contributed by atoms with van der Waals surface area (Å²) in [5.41, 5.74) is 2.66. The van der Waals surface area contributed by atoms with Crippen molar-refractivity contribution in [2.45, 2.75) is 58.8 Å². The Kier molecular flexibility index (Phi) is 3.97. The standard InChI is InChI=1S/C14H23N3/c1-4-15-14-11-8-6-5-7-9-12(11)16-13(17-14)10(2)3/h10H,4-9H2,1-3H3,(H,15,16,17). The molecule has 0 saturated heterocycles. The van der Waals surface area contributed by atoms with Crippen molar-refractivity contribution in [3.8, 4) is 0 Å². The molecule has 0 unspecified atom stereocenters. The summed E-state index contributed by atoms with van der Waals surface area (Å²) in [5.74, 6) is 2.48. The number of rotatable bonds is 3. The van der Waals surface area contributed by atoms with E-state index in [-0.39, 0.29) is 0 Å². The average molecular weight is 233 g/mol. The largest absolute Gasteiger partial charge is 0.370 e. The van der Waals surface area contributed by atoms with Crippen molar-refractivity contribution in [1.82, 2.24) is 9.97 Å². The fraction of sp³-hybridized carbons (Fsp3) is 0.714. The minimum atomic E-state index is 0.404. The second-order valence-corrected chi connectivity index (χ2v) is 5.10. The first-order valence-electron chi connectivity index (χ1n) is 6.86. The minimum Gasteiger partial charge on any atom is -0.370 e. The van der Waals surface area contributed by atoms with E-state index >= 15 is 0 Å². The molecule has 94 valence electrons. The van der Waals surface area contributed by atoms with Crippen LogP contribution >= 0.6 is 0 Å². The van der Waals surface area contributed by atoms with E-state index in [0.29, 0.717) is 5.92 Å². The molecule has 1 aromatic rings. The quantitative estimate of drug-likeness (QED) is 0.814. The number of hydrogen-bond acceptors (Lipinski definition) is 3. The van der Waals surface area contributed by atoms with Crippen LogP contribution in [0.2, 0.25) is 0 Å². The van der Waals surface area contributed by atoms with Crippen LogP contribution < -0.4 is 5.32 Å². The van der Waals surface area contributed by atoms with Gasteiger partial charge in [-0.1, -0.05) is 20.3 Å². The predicted octanol–water partition coefficient (Wildman–Crippen LogP) is 3.30. The SMILES string of the molecule is CCNc1nc(C(C)C)nc2c1CCCCC2. The number of nitrogens with zero attached hydrogens (tertiary/aromatic N) is 2. The first-order chi connectivity index (χ1) is 8.22. The number of aryl methyl sites for hydroxylation is 1. The van der Waals surface area contributed by atoms with Crippen LogP contribution in [0.1, 0.15) is 63.0 Å². The van der Waals surface area contributed by atoms with Gasteiger partial charge in [0.2, 0.25) is 0 Å². The molecular weight excluding hydrogens is 210 g/mol. The zero-order chi connectivity index (χ0) is 12.3. The van der Waals surface area contributed by atoms with Gasteiger partial charge in [-0.2, -0.15) is 0 Å². The summed E-state index contributed by atoms with van der Waals surface area (Å²) in [6.07, 6.45) is 6.12. The summed E-state index contributed by atoms with van der Waals surface area (Å²) in [4.78, 5) is 9.46. The summed E-state index contributed by atoms with van der Waals surface area (Å²) in [6, 6.07) is 0. The monoisotopic (exact) mass is 233 g/mol. The lowest BCUT2D eigenvalue weighted by Gasteiger charge is -2.15. The Hall–Kier alpha value is -1.12. The lowest BCUT2D eigenvalue weighted by Crippen LogP contribution is -2.11. The third-order valence-electron chi connectivity index (χ3n) is 3.31. The van der Waals surface area contributed by atoms with Gasteiger partial charge in [0, 0.05) is 23.7 Å². The van der Waals surface area contributed by atoms with Crippen molar-refractivity contribution in [2.24, 2.45) is 0 Å². The maximum absolute atomic E-state index is 4.76. The highest BCUT2D eigenvalue weighted by atomic mass is 15.0. The lowest BCUT2D eigenvalue weighted by molar-refractivity contribution is 0.705. The second-order valence-electron chi connectivity index (χ2n) is 5.10. The summed E-state index contributed by atoms with van der Waals surface area (Å²) in [7, 11) is 0. The maximum Gasteiger partial charge on any atom is 0.133 e. The van der Waals surface area contributed by atoms with Gasteiger partial charge in [-0.05, 0) is 32.6 Å². The molecule has 0 radical (unpaired) electrons. The van der Waals surface area contributed by atoms with Crippen molar-refractivity contribution in [1.29, 1.82) is 0 Å². The van der Waals surface area contributed by atoms with Gasteiger partial charge in [-0.3, -0.25) is 0 Å². The zero-order valence-corrected chi connectivity index (χ0v) is 11.2. The van der Waals surface area contributed by atoms with Crippen LogP contribution in [0.3, 0.4) is 0 Å². The van der Waals surface area contributed by atoms with Gasteiger partial charge in [-0.15, -0.1) is 0 Å². The summed E-state index contributed by atoms with van der Waals surface area (Å²) in [6.45, 7) is 7.38. The molecule has 0 spiro atoms. The molecular formula is C14H23N3. The lowest BCUT2D eigenvalue weighted by atomic mass is 10.1. The Bertz CT molecular complexity index is 385. The molecule has 3 heteroatoms. The van der Waals surface area contributed by atoms with E-state index in [4.69, 9.17) is 9.97 Å². The van der Waals surface area contributed by atoms with Crippen molar-refractivity contribution >= 4 is 5.82 Å². The van der Waals surface area contributed by atoms with E-state index in [1.165, 1.54) is 30.5 Å². The van der Waals surface area contributed by atoms with Crippen LogP contribution in [0.25, 0.3) is 0 Å². The predicted molar refractivity (Wildman–Crippen MR) is 71.5 cm³/mol. The number of nitrogens with one attached hydrogen (secondary N) is 1. The van der Waals surface area contributed by atoms with Crippen molar-refractivity contribution in [3.63, 3.8) is 0 Å². The van der Waals surface area contributed by atoms with Crippen molar-refractivity contribution in [3.05, 3.63) is 17.1 Å². The molecule has 0 aliphatic heterocycles. The van der Waals surface area contributed by atoms with Gasteiger partial charge in [0.05, 0.1) is 0 Å². The molecule has 2 rings (SSSR count). The van der Waals surface area contributed by atoms with E-state index in [1.54, 1.807) is 0 Å². The molecule has 0 bridgehead atoms. The zero-order valence-electron chi connectivity index (χ0n) is 11.2. The number of fused-ring (bicyclic) bond motifs is 1. The van der Waals surface area contributed by atoms with Gasteiger partial charge >= 0.3 is 0 Å². The maximum atomic E-state index is 4.76. The van der Waals surface area contributed by atoms with Gasteiger partial charge < -0.3 is 5.32 Å². The van der Waals surface area contributed by atoms with Gasteiger partial charge in [0.25, 0.3) is 0 Å². The fourth-order valence-electron chi connectivity index (χ4n) is 2.36. The van der Waals surface area contributed by atoms with Crippen molar-refractivity contribution < 1.29 is 0 Å². The van der Waals surface area contributed by atoms with Crippen LogP contribution in [0.5, 0.6) is 0 Å².